The summed E-state index contributed by atoms with van der Waals surface area (Å²) in [6.07, 6.45) is 2.11. The maximum absolute atomic E-state index is 11.7. The number of rotatable bonds is 4. The fraction of sp³-hybridized carbons (Fsp3) is 0.125. The van der Waals surface area contributed by atoms with Crippen molar-refractivity contribution in [3.63, 3.8) is 0 Å². The first-order valence-electron chi connectivity index (χ1n) is 6.44. The van der Waals surface area contributed by atoms with E-state index < -0.39 is 11.9 Å². The van der Waals surface area contributed by atoms with Crippen molar-refractivity contribution in [2.75, 3.05) is 0 Å². The Morgan fingerprint density at radius 3 is 2.95 bits per heavy atom. The summed E-state index contributed by atoms with van der Waals surface area (Å²) in [4.78, 5) is 16.0. The van der Waals surface area contributed by atoms with Crippen molar-refractivity contribution in [3.8, 4) is 0 Å². The van der Waals surface area contributed by atoms with Crippen LogP contribution in [0.5, 0.6) is 0 Å². The van der Waals surface area contributed by atoms with Gasteiger partial charge in [-0.15, -0.1) is 11.3 Å². The number of carbonyl (C=O) groups is 1. The molecule has 0 aliphatic rings. The molecular formula is C16H12BrNO2S. The zero-order valence-corrected chi connectivity index (χ0v) is 13.4. The lowest BCUT2D eigenvalue weighted by atomic mass is 9.94. The number of hydrogen-bond acceptors (Lipinski definition) is 3. The molecule has 2 heterocycles. The van der Waals surface area contributed by atoms with Gasteiger partial charge in [-0.25, -0.2) is 0 Å². The molecule has 3 nitrogen and oxygen atoms in total. The quantitative estimate of drug-likeness (QED) is 0.745. The molecule has 3 rings (SSSR count). The molecule has 21 heavy (non-hydrogen) atoms. The topological polar surface area (TPSA) is 50.2 Å². The Morgan fingerprint density at radius 1 is 1.33 bits per heavy atom. The number of aliphatic carboxylic acids is 1. The minimum Gasteiger partial charge on any atom is -0.481 e. The van der Waals surface area contributed by atoms with E-state index in [1.54, 1.807) is 17.5 Å². The molecule has 0 fully saturated rings. The molecule has 0 aliphatic heterocycles. The van der Waals surface area contributed by atoms with Crippen molar-refractivity contribution in [2.45, 2.75) is 12.3 Å². The van der Waals surface area contributed by atoms with Crippen LogP contribution in [-0.4, -0.2) is 16.1 Å². The van der Waals surface area contributed by atoms with Crippen LogP contribution in [0.15, 0.2) is 52.4 Å². The van der Waals surface area contributed by atoms with E-state index in [1.165, 1.54) is 0 Å². The number of aromatic nitrogens is 1. The molecular weight excluding hydrogens is 350 g/mol. The Labute approximate surface area is 134 Å². The Kier molecular flexibility index (Phi) is 4.03. The predicted molar refractivity (Wildman–Crippen MR) is 87.8 cm³/mol. The van der Waals surface area contributed by atoms with Crippen molar-refractivity contribution in [1.29, 1.82) is 0 Å². The Balaban J connectivity index is 2.02. The van der Waals surface area contributed by atoms with Gasteiger partial charge in [0.05, 0.1) is 5.69 Å². The number of carboxylic acid groups (broad SMARTS) is 1. The summed E-state index contributed by atoms with van der Waals surface area (Å²) in [6, 6.07) is 11.6. The van der Waals surface area contributed by atoms with E-state index in [0.29, 0.717) is 12.1 Å². The van der Waals surface area contributed by atoms with Crippen LogP contribution < -0.4 is 0 Å². The van der Waals surface area contributed by atoms with Crippen LogP contribution in [0.4, 0.5) is 0 Å². The van der Waals surface area contributed by atoms with Crippen LogP contribution in [0.2, 0.25) is 0 Å². The second kappa shape index (κ2) is 5.95. The predicted octanol–water partition coefficient (Wildman–Crippen LogP) is 4.47. The van der Waals surface area contributed by atoms with Gasteiger partial charge in [0.2, 0.25) is 0 Å². The van der Waals surface area contributed by atoms with Gasteiger partial charge in [-0.1, -0.05) is 28.1 Å². The average Bonchev–Trinajstić information content (AvgIpc) is 2.93. The van der Waals surface area contributed by atoms with Crippen molar-refractivity contribution in [3.05, 3.63) is 63.7 Å². The highest BCUT2D eigenvalue weighted by atomic mass is 79.9. The Bertz CT molecular complexity index is 800. The smallest absolute Gasteiger partial charge is 0.312 e. The molecule has 1 aromatic carbocycles. The lowest BCUT2D eigenvalue weighted by molar-refractivity contribution is -0.138. The molecule has 5 heteroatoms. The molecule has 0 saturated carbocycles. The minimum atomic E-state index is -0.846. The van der Waals surface area contributed by atoms with E-state index in [2.05, 4.69) is 20.9 Å². The molecule has 2 aromatic heterocycles. The molecule has 0 saturated heterocycles. The number of pyridine rings is 1. The number of thiophene rings is 1. The van der Waals surface area contributed by atoms with Crippen LogP contribution in [0, 0.1) is 0 Å². The van der Waals surface area contributed by atoms with Crippen molar-refractivity contribution < 1.29 is 9.90 Å². The lowest BCUT2D eigenvalue weighted by Gasteiger charge is -2.13. The maximum atomic E-state index is 11.7. The summed E-state index contributed by atoms with van der Waals surface area (Å²) < 4.78 is 2.02. The number of benzene rings is 1. The zero-order chi connectivity index (χ0) is 14.8. The molecule has 0 spiro atoms. The largest absolute Gasteiger partial charge is 0.481 e. The van der Waals surface area contributed by atoms with Gasteiger partial charge in [-0.2, -0.15) is 0 Å². The number of nitrogens with zero attached hydrogens (tertiary/aromatic N) is 1. The van der Waals surface area contributed by atoms with Crippen LogP contribution in [0.3, 0.4) is 0 Å². The molecule has 1 atom stereocenters. The van der Waals surface area contributed by atoms with Gasteiger partial charge in [0, 0.05) is 20.8 Å². The second-order valence-corrected chi connectivity index (χ2v) is 6.62. The molecule has 3 aromatic rings. The molecule has 0 amide bonds. The van der Waals surface area contributed by atoms with E-state index in [0.717, 1.165) is 20.1 Å². The Morgan fingerprint density at radius 2 is 2.19 bits per heavy atom. The molecule has 0 aliphatic carbocycles. The first kappa shape index (κ1) is 14.2. The van der Waals surface area contributed by atoms with E-state index in [1.807, 2.05) is 41.8 Å². The summed E-state index contributed by atoms with van der Waals surface area (Å²) in [5.74, 6) is -1.49. The molecule has 0 radical (unpaired) electrons. The molecule has 1 unspecified atom stereocenters. The highest BCUT2D eigenvalue weighted by Gasteiger charge is 2.24. The normalized spacial score (nSPS) is 12.4. The highest BCUT2D eigenvalue weighted by molar-refractivity contribution is 9.10. The first-order chi connectivity index (χ1) is 10.1. The number of fused-ring (bicyclic) bond motifs is 1. The first-order valence-corrected chi connectivity index (χ1v) is 8.12. The molecule has 106 valence electrons. The summed E-state index contributed by atoms with van der Waals surface area (Å²) in [5, 5.41) is 12.5. The van der Waals surface area contributed by atoms with Gasteiger partial charge < -0.3 is 5.11 Å². The van der Waals surface area contributed by atoms with Crippen molar-refractivity contribution in [2.24, 2.45) is 0 Å². The minimum absolute atomic E-state index is 0.427. The van der Waals surface area contributed by atoms with Crippen LogP contribution in [0.25, 0.3) is 10.1 Å². The SMILES string of the molecule is O=C(O)C(Cc1cccc(Br)c1)c1nccc2sccc12. The van der Waals surface area contributed by atoms with Crippen LogP contribution in [0.1, 0.15) is 17.2 Å². The van der Waals surface area contributed by atoms with E-state index >= 15 is 0 Å². The lowest BCUT2D eigenvalue weighted by Crippen LogP contribution is -2.16. The number of halogens is 1. The Hall–Kier alpha value is -1.72. The fourth-order valence-corrected chi connectivity index (χ4v) is 3.63. The van der Waals surface area contributed by atoms with Crippen molar-refractivity contribution >= 4 is 43.3 Å². The fourth-order valence-electron chi connectivity index (χ4n) is 2.39. The zero-order valence-electron chi connectivity index (χ0n) is 11.0. The van der Waals surface area contributed by atoms with Gasteiger partial charge in [0.25, 0.3) is 0 Å². The van der Waals surface area contributed by atoms with Gasteiger partial charge >= 0.3 is 5.97 Å². The summed E-state index contributed by atoms with van der Waals surface area (Å²) in [6.45, 7) is 0. The van der Waals surface area contributed by atoms with E-state index in [4.69, 9.17) is 0 Å². The third-order valence-corrected chi connectivity index (χ3v) is 4.74. The van der Waals surface area contributed by atoms with Gasteiger partial charge in [-0.3, -0.25) is 9.78 Å². The average molecular weight is 362 g/mol. The number of hydrogen-bond donors (Lipinski definition) is 1. The van der Waals surface area contributed by atoms with Gasteiger partial charge in [-0.05, 0) is 41.6 Å². The van der Waals surface area contributed by atoms with Gasteiger partial charge in [0.15, 0.2) is 0 Å². The summed E-state index contributed by atoms with van der Waals surface area (Å²) in [5.41, 5.74) is 1.62. The summed E-state index contributed by atoms with van der Waals surface area (Å²) >= 11 is 5.02. The maximum Gasteiger partial charge on any atom is 0.312 e. The molecule has 1 N–H and O–H groups in total. The number of carboxylic acids is 1. The van der Waals surface area contributed by atoms with Crippen molar-refractivity contribution in [1.82, 2.24) is 4.98 Å². The second-order valence-electron chi connectivity index (χ2n) is 4.75. The van der Waals surface area contributed by atoms with Crippen LogP contribution in [-0.2, 0) is 11.2 Å². The van der Waals surface area contributed by atoms with E-state index in [9.17, 15) is 9.90 Å². The molecule has 0 bridgehead atoms. The third kappa shape index (κ3) is 2.99. The monoisotopic (exact) mass is 361 g/mol. The van der Waals surface area contributed by atoms with Gasteiger partial charge in [0.1, 0.15) is 5.92 Å². The standard InChI is InChI=1S/C16H12BrNO2S/c17-11-3-1-2-10(8-11)9-13(16(19)20)15-12-5-7-21-14(12)4-6-18-15/h1-8,13H,9H2,(H,19,20). The third-order valence-electron chi connectivity index (χ3n) is 3.37. The summed E-state index contributed by atoms with van der Waals surface area (Å²) in [7, 11) is 0. The highest BCUT2D eigenvalue weighted by Crippen LogP contribution is 2.30. The van der Waals surface area contributed by atoms with E-state index in [-0.39, 0.29) is 0 Å². The van der Waals surface area contributed by atoms with Crippen LogP contribution >= 0.6 is 27.3 Å².